The predicted molar refractivity (Wildman–Crippen MR) is 85.8 cm³/mol. The van der Waals surface area contributed by atoms with Crippen LogP contribution in [0, 0.1) is 0 Å². The molecule has 2 heterocycles. The zero-order valence-electron chi connectivity index (χ0n) is 11.0. The van der Waals surface area contributed by atoms with Gasteiger partial charge in [0, 0.05) is 23.2 Å². The highest BCUT2D eigenvalue weighted by Crippen LogP contribution is 2.31. The Labute approximate surface area is 125 Å². The van der Waals surface area contributed by atoms with Crippen LogP contribution < -0.4 is 5.73 Å². The van der Waals surface area contributed by atoms with Gasteiger partial charge in [-0.3, -0.25) is 9.55 Å². The second-order valence-corrected chi connectivity index (χ2v) is 5.19. The van der Waals surface area contributed by atoms with E-state index in [9.17, 15) is 0 Å². The zero-order chi connectivity index (χ0) is 14.4. The number of hydrogen-bond donors (Lipinski definition) is 1. The number of pyridine rings is 1. The van der Waals surface area contributed by atoms with Crippen LogP contribution in [0.5, 0.6) is 0 Å². The Morgan fingerprint density at radius 2 is 1.90 bits per heavy atom. The van der Waals surface area contributed by atoms with Gasteiger partial charge in [0.15, 0.2) is 0 Å². The summed E-state index contributed by atoms with van der Waals surface area (Å²) < 4.78 is 1.89. The molecule has 21 heavy (non-hydrogen) atoms. The molecule has 0 radical (unpaired) electrons. The fourth-order valence-corrected chi connectivity index (χ4v) is 2.90. The molecule has 0 aliphatic carbocycles. The number of anilines is 1. The lowest BCUT2D eigenvalue weighted by Gasteiger charge is -2.10. The Bertz CT molecular complexity index is 969. The van der Waals surface area contributed by atoms with E-state index in [4.69, 9.17) is 17.3 Å². The van der Waals surface area contributed by atoms with Gasteiger partial charge in [-0.2, -0.15) is 0 Å². The molecule has 0 atom stereocenters. The first-order valence-electron chi connectivity index (χ1n) is 6.51. The number of nitrogens with two attached hydrogens (primary N) is 1. The maximum Gasteiger partial charge on any atom is 0.206 e. The average Bonchev–Trinajstić information content (AvgIpc) is 2.84. The molecule has 0 saturated carbocycles. The molecular formula is C16H11ClN4. The van der Waals surface area contributed by atoms with E-state index in [1.807, 2.05) is 53.2 Å². The summed E-state index contributed by atoms with van der Waals surface area (Å²) in [6, 6.07) is 13.6. The molecule has 2 N–H and O–H groups in total. The monoisotopic (exact) mass is 294 g/mol. The molecule has 4 rings (SSSR count). The molecule has 0 fully saturated rings. The van der Waals surface area contributed by atoms with E-state index in [1.165, 1.54) is 0 Å². The first kappa shape index (κ1) is 12.2. The summed E-state index contributed by atoms with van der Waals surface area (Å²) in [6.07, 6.45) is 3.60. The van der Waals surface area contributed by atoms with E-state index in [-0.39, 0.29) is 0 Å². The summed E-state index contributed by atoms with van der Waals surface area (Å²) in [5.74, 6) is 0.419. The molecule has 5 heteroatoms. The lowest BCUT2D eigenvalue weighted by molar-refractivity contribution is 1.12. The van der Waals surface area contributed by atoms with Crippen molar-refractivity contribution in [1.29, 1.82) is 0 Å². The van der Waals surface area contributed by atoms with Gasteiger partial charge < -0.3 is 5.73 Å². The average molecular weight is 295 g/mol. The van der Waals surface area contributed by atoms with Crippen molar-refractivity contribution in [2.45, 2.75) is 0 Å². The van der Waals surface area contributed by atoms with Gasteiger partial charge in [0.1, 0.15) is 0 Å². The Morgan fingerprint density at radius 3 is 2.81 bits per heavy atom. The van der Waals surface area contributed by atoms with Gasteiger partial charge in [-0.15, -0.1) is 0 Å². The van der Waals surface area contributed by atoms with Crippen molar-refractivity contribution < 1.29 is 0 Å². The smallest absolute Gasteiger partial charge is 0.206 e. The van der Waals surface area contributed by atoms with Crippen molar-refractivity contribution in [3.05, 3.63) is 59.9 Å². The Kier molecular flexibility index (Phi) is 2.59. The van der Waals surface area contributed by atoms with E-state index in [2.05, 4.69) is 9.97 Å². The van der Waals surface area contributed by atoms with Gasteiger partial charge in [-0.25, -0.2) is 4.98 Å². The van der Waals surface area contributed by atoms with Crippen LogP contribution in [0.25, 0.3) is 27.5 Å². The van der Waals surface area contributed by atoms with Gasteiger partial charge in [0.05, 0.1) is 21.7 Å². The number of nitrogens with zero attached hydrogens (tertiary/aromatic N) is 3. The molecular weight excluding hydrogens is 284 g/mol. The summed E-state index contributed by atoms with van der Waals surface area (Å²) in [7, 11) is 0. The fourth-order valence-electron chi connectivity index (χ4n) is 2.65. The second kappa shape index (κ2) is 4.46. The molecule has 0 aliphatic heterocycles. The molecule has 102 valence electrons. The summed E-state index contributed by atoms with van der Waals surface area (Å²) >= 11 is 6.35. The van der Waals surface area contributed by atoms with E-state index in [0.29, 0.717) is 11.0 Å². The summed E-state index contributed by atoms with van der Waals surface area (Å²) in [6.45, 7) is 0. The maximum absolute atomic E-state index is 6.35. The Balaban J connectivity index is 2.17. The second-order valence-electron chi connectivity index (χ2n) is 4.79. The summed E-state index contributed by atoms with van der Waals surface area (Å²) in [5, 5.41) is 2.73. The third-order valence-electron chi connectivity index (χ3n) is 3.55. The number of nitrogen functional groups attached to an aromatic ring is 1. The highest BCUT2D eigenvalue weighted by Gasteiger charge is 2.14. The molecule has 4 aromatic rings. The first-order chi connectivity index (χ1) is 10.3. The predicted octanol–water partition coefficient (Wildman–Crippen LogP) is 3.81. The van der Waals surface area contributed by atoms with Crippen molar-refractivity contribution in [2.24, 2.45) is 0 Å². The van der Waals surface area contributed by atoms with Crippen LogP contribution in [0.4, 0.5) is 5.95 Å². The molecule has 0 aliphatic rings. The molecule has 2 aromatic heterocycles. The maximum atomic E-state index is 6.35. The largest absolute Gasteiger partial charge is 0.369 e. The van der Waals surface area contributed by atoms with Crippen molar-refractivity contribution in [1.82, 2.24) is 14.5 Å². The first-order valence-corrected chi connectivity index (χ1v) is 6.89. The number of hydrogen-bond acceptors (Lipinski definition) is 3. The fraction of sp³-hybridized carbons (Fsp3) is 0. The van der Waals surface area contributed by atoms with Crippen molar-refractivity contribution in [2.75, 3.05) is 5.73 Å². The molecule has 0 spiro atoms. The molecule has 0 unspecified atom stereocenters. The summed E-state index contributed by atoms with van der Waals surface area (Å²) in [5.41, 5.74) is 8.67. The van der Waals surface area contributed by atoms with Gasteiger partial charge in [0.2, 0.25) is 5.95 Å². The third-order valence-corrected chi connectivity index (χ3v) is 3.86. The highest BCUT2D eigenvalue weighted by molar-refractivity contribution is 6.35. The Hall–Kier alpha value is -2.59. The minimum absolute atomic E-state index is 0.419. The molecule has 0 bridgehead atoms. The molecule has 0 saturated heterocycles. The van der Waals surface area contributed by atoms with Gasteiger partial charge in [-0.1, -0.05) is 29.8 Å². The topological polar surface area (TPSA) is 56.7 Å². The molecule has 4 nitrogen and oxygen atoms in total. The number of halogens is 1. The van der Waals surface area contributed by atoms with Crippen LogP contribution >= 0.6 is 11.6 Å². The zero-order valence-corrected chi connectivity index (χ0v) is 11.7. The lowest BCUT2D eigenvalue weighted by atomic mass is 10.1. The van der Waals surface area contributed by atoms with E-state index < -0.39 is 0 Å². The minimum Gasteiger partial charge on any atom is -0.369 e. The van der Waals surface area contributed by atoms with E-state index in [0.717, 1.165) is 27.5 Å². The van der Waals surface area contributed by atoms with Crippen LogP contribution in [-0.4, -0.2) is 14.5 Å². The van der Waals surface area contributed by atoms with Crippen molar-refractivity contribution >= 4 is 39.4 Å². The van der Waals surface area contributed by atoms with E-state index >= 15 is 0 Å². The number of imidazole rings is 1. The quantitative estimate of drug-likeness (QED) is 0.581. The number of rotatable bonds is 1. The van der Waals surface area contributed by atoms with Crippen LogP contribution in [-0.2, 0) is 0 Å². The third kappa shape index (κ3) is 1.76. The lowest BCUT2D eigenvalue weighted by Crippen LogP contribution is -2.01. The number of aromatic nitrogens is 3. The standard InChI is InChI=1S/C16H11ClN4/c17-12-4-2-5-13-15(12)21(16(18)20-13)14-6-1-3-10-9-19-8-7-11(10)14/h1-9H,(H2,18,20). The van der Waals surface area contributed by atoms with E-state index in [1.54, 1.807) is 6.20 Å². The van der Waals surface area contributed by atoms with Crippen LogP contribution in [0.15, 0.2) is 54.9 Å². The molecule has 2 aromatic carbocycles. The molecule has 0 amide bonds. The minimum atomic E-state index is 0.419. The summed E-state index contributed by atoms with van der Waals surface area (Å²) in [4.78, 5) is 8.55. The van der Waals surface area contributed by atoms with Crippen molar-refractivity contribution in [3.8, 4) is 5.69 Å². The number of fused-ring (bicyclic) bond motifs is 2. The van der Waals surface area contributed by atoms with Gasteiger partial charge in [-0.05, 0) is 24.3 Å². The van der Waals surface area contributed by atoms with Crippen molar-refractivity contribution in [3.63, 3.8) is 0 Å². The normalized spacial score (nSPS) is 11.3. The Morgan fingerprint density at radius 1 is 1.05 bits per heavy atom. The van der Waals surface area contributed by atoms with Gasteiger partial charge in [0.25, 0.3) is 0 Å². The van der Waals surface area contributed by atoms with Gasteiger partial charge >= 0.3 is 0 Å². The van der Waals surface area contributed by atoms with Crippen LogP contribution in [0.2, 0.25) is 5.02 Å². The SMILES string of the molecule is Nc1nc2cccc(Cl)c2n1-c1cccc2cnccc12. The number of benzene rings is 2. The van der Waals surface area contributed by atoms with Crippen LogP contribution in [0.1, 0.15) is 0 Å². The number of para-hydroxylation sites is 1. The highest BCUT2D eigenvalue weighted by atomic mass is 35.5. The van der Waals surface area contributed by atoms with Crippen LogP contribution in [0.3, 0.4) is 0 Å².